The van der Waals surface area contributed by atoms with Gasteiger partial charge in [0.15, 0.2) is 0 Å². The van der Waals surface area contributed by atoms with Gasteiger partial charge in [0.1, 0.15) is 0 Å². The van der Waals surface area contributed by atoms with Crippen molar-refractivity contribution in [1.82, 2.24) is 4.90 Å². The highest BCUT2D eigenvalue weighted by molar-refractivity contribution is 7.13. The van der Waals surface area contributed by atoms with Crippen LogP contribution in [-0.4, -0.2) is 37.1 Å². The number of nitrogens with zero attached hydrogens (tertiary/aromatic N) is 1. The summed E-state index contributed by atoms with van der Waals surface area (Å²) in [6, 6.07) is 10.0. The van der Waals surface area contributed by atoms with Crippen molar-refractivity contribution in [2.75, 3.05) is 20.2 Å². The van der Waals surface area contributed by atoms with E-state index < -0.39 is 0 Å². The standard InChI is InChI=1S/C19H23NO2S/c1-14-9-11-23-18(14)15-6-5-7-16(12-15)19(21)20(2)13-17-8-3-4-10-22-17/h5-7,9,11-12,17H,3-4,8,10,13H2,1-2H3/t17-/m1/s1. The number of rotatable bonds is 4. The van der Waals surface area contributed by atoms with Crippen LogP contribution >= 0.6 is 11.3 Å². The van der Waals surface area contributed by atoms with Gasteiger partial charge in [-0.1, -0.05) is 12.1 Å². The smallest absolute Gasteiger partial charge is 0.253 e. The SMILES string of the molecule is Cc1ccsc1-c1cccc(C(=O)N(C)C[C@H]2CCCCO2)c1. The Morgan fingerprint density at radius 1 is 1.35 bits per heavy atom. The van der Waals surface area contributed by atoms with Crippen LogP contribution in [0.4, 0.5) is 0 Å². The quantitative estimate of drug-likeness (QED) is 0.834. The monoisotopic (exact) mass is 329 g/mol. The van der Waals surface area contributed by atoms with Gasteiger partial charge >= 0.3 is 0 Å². The molecule has 3 rings (SSSR count). The van der Waals surface area contributed by atoms with Crippen LogP contribution < -0.4 is 0 Å². The lowest BCUT2D eigenvalue weighted by Crippen LogP contribution is -2.37. The van der Waals surface area contributed by atoms with Crippen LogP contribution in [0.25, 0.3) is 10.4 Å². The second kappa shape index (κ2) is 7.28. The topological polar surface area (TPSA) is 29.5 Å². The van der Waals surface area contributed by atoms with Crippen LogP contribution in [-0.2, 0) is 4.74 Å². The molecule has 2 heterocycles. The van der Waals surface area contributed by atoms with E-state index in [0.29, 0.717) is 6.54 Å². The van der Waals surface area contributed by atoms with Crippen molar-refractivity contribution in [3.8, 4) is 10.4 Å². The third-order valence-corrected chi connectivity index (χ3v) is 5.40. The van der Waals surface area contributed by atoms with Gasteiger partial charge in [-0.05, 0) is 60.9 Å². The number of carbonyl (C=O) groups excluding carboxylic acids is 1. The summed E-state index contributed by atoms with van der Waals surface area (Å²) in [5.74, 6) is 0.0650. The van der Waals surface area contributed by atoms with Crippen molar-refractivity contribution < 1.29 is 9.53 Å². The van der Waals surface area contributed by atoms with E-state index >= 15 is 0 Å². The molecule has 23 heavy (non-hydrogen) atoms. The molecule has 0 spiro atoms. The Balaban J connectivity index is 1.73. The number of likely N-dealkylation sites (N-methyl/N-ethyl adjacent to an activating group) is 1. The molecule has 1 amide bonds. The first-order valence-electron chi connectivity index (χ1n) is 8.17. The molecule has 0 N–H and O–H groups in total. The van der Waals surface area contributed by atoms with E-state index in [1.807, 2.05) is 25.2 Å². The Kier molecular flexibility index (Phi) is 5.13. The lowest BCUT2D eigenvalue weighted by molar-refractivity contribution is -0.000186. The zero-order valence-corrected chi connectivity index (χ0v) is 14.6. The fourth-order valence-electron chi connectivity index (χ4n) is 3.02. The van der Waals surface area contributed by atoms with Gasteiger partial charge in [0.05, 0.1) is 6.10 Å². The molecule has 1 atom stereocenters. The van der Waals surface area contributed by atoms with E-state index in [1.54, 1.807) is 16.2 Å². The molecule has 1 aliphatic rings. The molecule has 1 aromatic heterocycles. The molecule has 0 saturated carbocycles. The zero-order chi connectivity index (χ0) is 16.2. The first kappa shape index (κ1) is 16.2. The number of amides is 1. The molecular weight excluding hydrogens is 306 g/mol. The molecule has 1 aliphatic heterocycles. The van der Waals surface area contributed by atoms with Crippen molar-refractivity contribution in [3.05, 3.63) is 46.8 Å². The molecular formula is C19H23NO2S. The third-order valence-electron chi connectivity index (χ3n) is 4.33. The van der Waals surface area contributed by atoms with Crippen LogP contribution in [0.15, 0.2) is 35.7 Å². The van der Waals surface area contributed by atoms with E-state index in [2.05, 4.69) is 24.4 Å². The Hall–Kier alpha value is -1.65. The van der Waals surface area contributed by atoms with Crippen molar-refractivity contribution in [1.29, 1.82) is 0 Å². The maximum Gasteiger partial charge on any atom is 0.253 e. The van der Waals surface area contributed by atoms with Gasteiger partial charge in [-0.3, -0.25) is 4.79 Å². The summed E-state index contributed by atoms with van der Waals surface area (Å²) in [5.41, 5.74) is 3.11. The Morgan fingerprint density at radius 2 is 2.22 bits per heavy atom. The average molecular weight is 329 g/mol. The highest BCUT2D eigenvalue weighted by Gasteiger charge is 2.20. The van der Waals surface area contributed by atoms with Gasteiger partial charge in [-0.15, -0.1) is 11.3 Å². The van der Waals surface area contributed by atoms with E-state index in [4.69, 9.17) is 4.74 Å². The molecule has 0 unspecified atom stereocenters. The number of thiophene rings is 1. The lowest BCUT2D eigenvalue weighted by Gasteiger charge is -2.27. The molecule has 2 aromatic rings. The second-order valence-corrected chi connectivity index (χ2v) is 7.10. The predicted octanol–water partition coefficient (Wildman–Crippen LogP) is 4.36. The minimum Gasteiger partial charge on any atom is -0.376 e. The summed E-state index contributed by atoms with van der Waals surface area (Å²) >= 11 is 1.72. The van der Waals surface area contributed by atoms with Crippen LogP contribution in [0.2, 0.25) is 0 Å². The number of benzene rings is 1. The summed E-state index contributed by atoms with van der Waals surface area (Å²) in [4.78, 5) is 15.7. The normalized spacial score (nSPS) is 17.9. The van der Waals surface area contributed by atoms with Gasteiger partial charge in [0.2, 0.25) is 0 Å². The molecule has 122 valence electrons. The highest BCUT2D eigenvalue weighted by Crippen LogP contribution is 2.29. The predicted molar refractivity (Wildman–Crippen MR) is 95.0 cm³/mol. The van der Waals surface area contributed by atoms with Gasteiger partial charge in [0.25, 0.3) is 5.91 Å². The van der Waals surface area contributed by atoms with Gasteiger partial charge < -0.3 is 9.64 Å². The van der Waals surface area contributed by atoms with Crippen molar-refractivity contribution >= 4 is 17.2 Å². The molecule has 4 heteroatoms. The lowest BCUT2D eigenvalue weighted by atomic mass is 10.1. The molecule has 0 bridgehead atoms. The zero-order valence-electron chi connectivity index (χ0n) is 13.7. The summed E-state index contributed by atoms with van der Waals surface area (Å²) in [5, 5.41) is 2.09. The molecule has 3 nitrogen and oxygen atoms in total. The van der Waals surface area contributed by atoms with Crippen LogP contribution in [0.1, 0.15) is 35.2 Å². The van der Waals surface area contributed by atoms with Gasteiger partial charge in [-0.2, -0.15) is 0 Å². The van der Waals surface area contributed by atoms with E-state index in [9.17, 15) is 4.79 Å². The van der Waals surface area contributed by atoms with Crippen molar-refractivity contribution in [3.63, 3.8) is 0 Å². The fraction of sp³-hybridized carbons (Fsp3) is 0.421. The number of aryl methyl sites for hydroxylation is 1. The Morgan fingerprint density at radius 3 is 2.91 bits per heavy atom. The first-order chi connectivity index (χ1) is 11.1. The number of hydrogen-bond donors (Lipinski definition) is 0. The number of carbonyl (C=O) groups is 1. The number of ether oxygens (including phenoxy) is 1. The Bertz CT molecular complexity index is 674. The van der Waals surface area contributed by atoms with Gasteiger partial charge in [0, 0.05) is 30.6 Å². The summed E-state index contributed by atoms with van der Waals surface area (Å²) in [7, 11) is 1.86. The minimum absolute atomic E-state index is 0.0650. The van der Waals surface area contributed by atoms with Crippen molar-refractivity contribution in [2.24, 2.45) is 0 Å². The third kappa shape index (κ3) is 3.82. The molecule has 0 aliphatic carbocycles. The highest BCUT2D eigenvalue weighted by atomic mass is 32.1. The second-order valence-electron chi connectivity index (χ2n) is 6.19. The maximum absolute atomic E-state index is 12.7. The summed E-state index contributed by atoms with van der Waals surface area (Å²) in [6.07, 6.45) is 3.56. The molecule has 1 aromatic carbocycles. The van der Waals surface area contributed by atoms with E-state index in [0.717, 1.165) is 30.6 Å². The van der Waals surface area contributed by atoms with E-state index in [1.165, 1.54) is 16.9 Å². The van der Waals surface area contributed by atoms with Crippen LogP contribution in [0.5, 0.6) is 0 Å². The van der Waals surface area contributed by atoms with Crippen molar-refractivity contribution in [2.45, 2.75) is 32.3 Å². The fourth-order valence-corrected chi connectivity index (χ4v) is 3.95. The first-order valence-corrected chi connectivity index (χ1v) is 9.04. The Labute approximate surface area is 141 Å². The molecule has 1 fully saturated rings. The molecule has 1 saturated heterocycles. The van der Waals surface area contributed by atoms with Crippen LogP contribution in [0, 0.1) is 6.92 Å². The van der Waals surface area contributed by atoms with Crippen LogP contribution in [0.3, 0.4) is 0 Å². The summed E-state index contributed by atoms with van der Waals surface area (Å²) in [6.45, 7) is 3.59. The van der Waals surface area contributed by atoms with E-state index in [-0.39, 0.29) is 12.0 Å². The summed E-state index contributed by atoms with van der Waals surface area (Å²) < 4.78 is 5.74. The molecule has 0 radical (unpaired) electrons. The minimum atomic E-state index is 0.0650. The van der Waals surface area contributed by atoms with Gasteiger partial charge in [-0.25, -0.2) is 0 Å². The maximum atomic E-state index is 12.7. The number of hydrogen-bond acceptors (Lipinski definition) is 3. The average Bonchev–Trinajstić information content (AvgIpc) is 3.01. The largest absolute Gasteiger partial charge is 0.376 e.